The lowest BCUT2D eigenvalue weighted by Crippen LogP contribution is -2.27. The number of nitrogens with one attached hydrogen (secondary N) is 1. The number of ether oxygens (including phenoxy) is 1. The molecule has 5 nitrogen and oxygen atoms in total. The molecule has 0 spiro atoms. The average Bonchev–Trinajstić information content (AvgIpc) is 2.27. The summed E-state index contributed by atoms with van der Waals surface area (Å²) in [5, 5.41) is 8.55. The summed E-state index contributed by atoms with van der Waals surface area (Å²) in [5.74, 6) is 0.155. The maximum atomic E-state index is 10.9. The van der Waals surface area contributed by atoms with Crippen LogP contribution in [0.15, 0.2) is 24.3 Å². The molecule has 5 heteroatoms. The molecular formula is C10H10N2O3. The van der Waals surface area contributed by atoms with Gasteiger partial charge < -0.3 is 4.74 Å². The van der Waals surface area contributed by atoms with Gasteiger partial charge >= 0.3 is 0 Å². The highest BCUT2D eigenvalue weighted by Gasteiger charge is 2.01. The fourth-order valence-electron chi connectivity index (χ4n) is 0.918. The van der Waals surface area contributed by atoms with Crippen molar-refractivity contribution in [1.29, 1.82) is 5.26 Å². The maximum absolute atomic E-state index is 10.9. The third kappa shape index (κ3) is 3.67. The Hall–Kier alpha value is -2.06. The van der Waals surface area contributed by atoms with E-state index in [0.717, 1.165) is 0 Å². The minimum absolute atomic E-state index is 0.125. The maximum Gasteiger partial charge on any atom is 0.281 e. The molecule has 0 fully saturated rings. The van der Waals surface area contributed by atoms with Gasteiger partial charge in [0.1, 0.15) is 5.75 Å². The van der Waals surface area contributed by atoms with Crippen LogP contribution < -0.4 is 10.2 Å². The Labute approximate surface area is 87.2 Å². The molecule has 0 heterocycles. The summed E-state index contributed by atoms with van der Waals surface area (Å²) in [4.78, 5) is 15.3. The first-order valence-electron chi connectivity index (χ1n) is 4.21. The second-order valence-electron chi connectivity index (χ2n) is 2.65. The van der Waals surface area contributed by atoms with Crippen LogP contribution in [0.3, 0.4) is 0 Å². The van der Waals surface area contributed by atoms with Gasteiger partial charge in [-0.1, -0.05) is 0 Å². The highest BCUT2D eigenvalue weighted by atomic mass is 16.6. The van der Waals surface area contributed by atoms with Gasteiger partial charge in [-0.3, -0.25) is 9.63 Å². The van der Waals surface area contributed by atoms with Crippen molar-refractivity contribution in [3.05, 3.63) is 29.8 Å². The molecule has 0 saturated carbocycles. The lowest BCUT2D eigenvalue weighted by Gasteiger charge is -2.05. The molecule has 0 aliphatic rings. The van der Waals surface area contributed by atoms with Gasteiger partial charge in [0, 0.05) is 0 Å². The molecule has 0 aromatic heterocycles. The number of nitrogens with zero attached hydrogens (tertiary/aromatic N) is 1. The first kappa shape index (κ1) is 11.0. The monoisotopic (exact) mass is 206 g/mol. The third-order valence-electron chi connectivity index (χ3n) is 1.57. The van der Waals surface area contributed by atoms with Crippen molar-refractivity contribution in [3.8, 4) is 11.8 Å². The topological polar surface area (TPSA) is 71.3 Å². The zero-order chi connectivity index (χ0) is 11.1. The minimum Gasteiger partial charge on any atom is -0.484 e. The van der Waals surface area contributed by atoms with Gasteiger partial charge in [-0.25, -0.2) is 5.48 Å². The predicted octanol–water partition coefficient (Wildman–Crippen LogP) is 0.615. The second-order valence-corrected chi connectivity index (χ2v) is 2.65. The number of carbonyl (C=O) groups excluding carboxylic acids is 1. The Balaban J connectivity index is 2.45. The lowest BCUT2D eigenvalue weighted by atomic mass is 10.2. The molecule has 1 N–H and O–H groups in total. The van der Waals surface area contributed by atoms with Gasteiger partial charge in [-0.15, -0.1) is 0 Å². The van der Waals surface area contributed by atoms with Crippen molar-refractivity contribution in [2.24, 2.45) is 0 Å². The standard InChI is InChI=1S/C10H10N2O3/c1-14-12-10(13)7-15-9-4-2-8(6-11)3-5-9/h2-5H,7H2,1H3,(H,12,13). The zero-order valence-electron chi connectivity index (χ0n) is 8.19. The Bertz CT molecular complexity index is 367. The van der Waals surface area contributed by atoms with Crippen molar-refractivity contribution in [1.82, 2.24) is 5.48 Å². The van der Waals surface area contributed by atoms with E-state index in [1.54, 1.807) is 24.3 Å². The fraction of sp³-hybridized carbons (Fsp3) is 0.200. The van der Waals surface area contributed by atoms with Crippen molar-refractivity contribution in [2.45, 2.75) is 0 Å². The number of hydrogen-bond acceptors (Lipinski definition) is 4. The SMILES string of the molecule is CONC(=O)COc1ccc(C#N)cc1. The number of hydrogen-bond donors (Lipinski definition) is 1. The number of amides is 1. The van der Waals surface area contributed by atoms with Crippen molar-refractivity contribution >= 4 is 5.91 Å². The predicted molar refractivity (Wildman–Crippen MR) is 51.8 cm³/mol. The Morgan fingerprint density at radius 3 is 2.67 bits per heavy atom. The Morgan fingerprint density at radius 1 is 1.47 bits per heavy atom. The van der Waals surface area contributed by atoms with Crippen LogP contribution in [0.2, 0.25) is 0 Å². The van der Waals surface area contributed by atoms with Gasteiger partial charge in [-0.2, -0.15) is 5.26 Å². The van der Waals surface area contributed by atoms with E-state index in [4.69, 9.17) is 10.00 Å². The van der Waals surface area contributed by atoms with Gasteiger partial charge in [0.15, 0.2) is 6.61 Å². The van der Waals surface area contributed by atoms with E-state index in [0.29, 0.717) is 11.3 Å². The van der Waals surface area contributed by atoms with Gasteiger partial charge in [-0.05, 0) is 24.3 Å². The normalized spacial score (nSPS) is 9.07. The van der Waals surface area contributed by atoms with Crippen LogP contribution in [0.5, 0.6) is 5.75 Å². The third-order valence-corrected chi connectivity index (χ3v) is 1.57. The second kappa shape index (κ2) is 5.62. The molecule has 1 aromatic carbocycles. The summed E-state index contributed by atoms with van der Waals surface area (Å²) in [6.45, 7) is -0.125. The summed E-state index contributed by atoms with van der Waals surface area (Å²) in [5.41, 5.74) is 2.67. The summed E-state index contributed by atoms with van der Waals surface area (Å²) < 4.78 is 5.12. The first-order chi connectivity index (χ1) is 7.26. The number of rotatable bonds is 4. The molecule has 0 aliphatic heterocycles. The zero-order valence-corrected chi connectivity index (χ0v) is 8.19. The number of carbonyl (C=O) groups is 1. The largest absolute Gasteiger partial charge is 0.484 e. The highest BCUT2D eigenvalue weighted by molar-refractivity contribution is 5.76. The highest BCUT2D eigenvalue weighted by Crippen LogP contribution is 2.10. The number of benzene rings is 1. The molecule has 1 amide bonds. The van der Waals surface area contributed by atoms with Gasteiger partial charge in [0.05, 0.1) is 18.7 Å². The molecule has 1 rings (SSSR count). The van der Waals surface area contributed by atoms with E-state index in [2.05, 4.69) is 10.3 Å². The van der Waals surface area contributed by atoms with E-state index >= 15 is 0 Å². The van der Waals surface area contributed by atoms with E-state index in [1.165, 1.54) is 7.11 Å². The van der Waals surface area contributed by atoms with Crippen LogP contribution in [0.25, 0.3) is 0 Å². The van der Waals surface area contributed by atoms with Crippen LogP contribution in [0.4, 0.5) is 0 Å². The molecule has 0 aliphatic carbocycles. The minimum atomic E-state index is -0.373. The Kier molecular flexibility index (Phi) is 4.13. The van der Waals surface area contributed by atoms with Crippen LogP contribution >= 0.6 is 0 Å². The molecular weight excluding hydrogens is 196 g/mol. The first-order valence-corrected chi connectivity index (χ1v) is 4.21. The van der Waals surface area contributed by atoms with Crippen LogP contribution in [-0.4, -0.2) is 19.6 Å². The molecule has 0 saturated heterocycles. The van der Waals surface area contributed by atoms with Crippen molar-refractivity contribution in [3.63, 3.8) is 0 Å². The van der Waals surface area contributed by atoms with E-state index in [-0.39, 0.29) is 12.5 Å². The van der Waals surface area contributed by atoms with Gasteiger partial charge in [0.2, 0.25) is 0 Å². The fourth-order valence-corrected chi connectivity index (χ4v) is 0.918. The lowest BCUT2D eigenvalue weighted by molar-refractivity contribution is -0.133. The molecule has 78 valence electrons. The smallest absolute Gasteiger partial charge is 0.281 e. The molecule has 0 atom stereocenters. The quantitative estimate of drug-likeness (QED) is 0.733. The van der Waals surface area contributed by atoms with Gasteiger partial charge in [0.25, 0.3) is 5.91 Å². The average molecular weight is 206 g/mol. The summed E-state index contributed by atoms with van der Waals surface area (Å²) in [6, 6.07) is 8.46. The van der Waals surface area contributed by atoms with Crippen LogP contribution in [0.1, 0.15) is 5.56 Å². The molecule has 15 heavy (non-hydrogen) atoms. The molecule has 0 radical (unpaired) electrons. The van der Waals surface area contributed by atoms with Crippen LogP contribution in [0, 0.1) is 11.3 Å². The van der Waals surface area contributed by atoms with Crippen LogP contribution in [-0.2, 0) is 9.63 Å². The summed E-state index contributed by atoms with van der Waals surface area (Å²) in [7, 11) is 1.35. The van der Waals surface area contributed by atoms with E-state index in [9.17, 15) is 4.79 Å². The van der Waals surface area contributed by atoms with Crippen molar-refractivity contribution in [2.75, 3.05) is 13.7 Å². The van der Waals surface area contributed by atoms with E-state index < -0.39 is 0 Å². The Morgan fingerprint density at radius 2 is 2.13 bits per heavy atom. The summed E-state index contributed by atoms with van der Waals surface area (Å²) in [6.07, 6.45) is 0. The summed E-state index contributed by atoms with van der Waals surface area (Å²) >= 11 is 0. The molecule has 0 bridgehead atoms. The van der Waals surface area contributed by atoms with Crippen molar-refractivity contribution < 1.29 is 14.4 Å². The molecule has 1 aromatic rings. The number of nitriles is 1. The molecule has 0 unspecified atom stereocenters. The number of hydroxylamine groups is 1. The van der Waals surface area contributed by atoms with E-state index in [1.807, 2.05) is 6.07 Å².